The number of aromatic amines is 1. The van der Waals surface area contributed by atoms with E-state index in [0.717, 1.165) is 42.7 Å². The SMILES string of the molecule is O=C1Nc2cc(C(F)(F)F)ccc2C1=Cc1[nH]c2c(c1C(=O)O)CCCC2. The number of benzene rings is 1. The Morgan fingerprint density at radius 2 is 1.93 bits per heavy atom. The van der Waals surface area contributed by atoms with Crippen LogP contribution in [0.4, 0.5) is 18.9 Å². The van der Waals surface area contributed by atoms with Gasteiger partial charge in [0, 0.05) is 16.9 Å². The molecule has 0 spiro atoms. The smallest absolute Gasteiger partial charge is 0.416 e. The Labute approximate surface area is 151 Å². The molecule has 140 valence electrons. The molecular weight excluding hydrogens is 361 g/mol. The molecule has 3 N–H and O–H groups in total. The van der Waals surface area contributed by atoms with Gasteiger partial charge in [-0.1, -0.05) is 6.07 Å². The molecule has 0 bridgehead atoms. The van der Waals surface area contributed by atoms with Gasteiger partial charge in [-0.15, -0.1) is 0 Å². The van der Waals surface area contributed by atoms with E-state index in [1.807, 2.05) is 0 Å². The zero-order valence-corrected chi connectivity index (χ0v) is 14.0. The monoisotopic (exact) mass is 376 g/mol. The lowest BCUT2D eigenvalue weighted by Gasteiger charge is -2.10. The third-order valence-electron chi connectivity index (χ3n) is 4.96. The van der Waals surface area contributed by atoms with Crippen molar-refractivity contribution < 1.29 is 27.9 Å². The fourth-order valence-corrected chi connectivity index (χ4v) is 3.72. The molecule has 0 unspecified atom stereocenters. The molecule has 5 nitrogen and oxygen atoms in total. The second-order valence-electron chi connectivity index (χ2n) is 6.65. The van der Waals surface area contributed by atoms with Crippen LogP contribution in [0.5, 0.6) is 0 Å². The highest BCUT2D eigenvalue weighted by molar-refractivity contribution is 6.35. The summed E-state index contributed by atoms with van der Waals surface area (Å²) in [6.07, 6.45) is 0.124. The van der Waals surface area contributed by atoms with Crippen molar-refractivity contribution in [2.45, 2.75) is 31.9 Å². The summed E-state index contributed by atoms with van der Waals surface area (Å²) in [6, 6.07) is 3.02. The first-order valence-electron chi connectivity index (χ1n) is 8.47. The maximum atomic E-state index is 12.9. The predicted molar refractivity (Wildman–Crippen MR) is 92.3 cm³/mol. The Bertz CT molecular complexity index is 1000. The number of aryl methyl sites for hydroxylation is 1. The van der Waals surface area contributed by atoms with Gasteiger partial charge in [-0.3, -0.25) is 4.79 Å². The van der Waals surface area contributed by atoms with E-state index in [4.69, 9.17) is 0 Å². The number of anilines is 1. The van der Waals surface area contributed by atoms with E-state index in [2.05, 4.69) is 10.3 Å². The molecule has 1 aliphatic carbocycles. The largest absolute Gasteiger partial charge is 0.478 e. The number of aromatic nitrogens is 1. The topological polar surface area (TPSA) is 82.2 Å². The first-order chi connectivity index (χ1) is 12.8. The van der Waals surface area contributed by atoms with Crippen LogP contribution in [0.1, 0.15) is 51.3 Å². The molecular formula is C19H15F3N2O3. The van der Waals surface area contributed by atoms with Crippen LogP contribution in [0.25, 0.3) is 11.6 Å². The number of hydrogen-bond donors (Lipinski definition) is 3. The molecule has 0 saturated carbocycles. The molecule has 0 saturated heterocycles. The molecule has 27 heavy (non-hydrogen) atoms. The normalized spacial score (nSPS) is 17.6. The number of fused-ring (bicyclic) bond motifs is 2. The van der Waals surface area contributed by atoms with E-state index in [0.29, 0.717) is 17.7 Å². The van der Waals surface area contributed by atoms with Crippen LogP contribution < -0.4 is 5.32 Å². The van der Waals surface area contributed by atoms with Crippen molar-refractivity contribution in [3.05, 3.63) is 51.8 Å². The van der Waals surface area contributed by atoms with Gasteiger partial charge in [0.1, 0.15) is 0 Å². The van der Waals surface area contributed by atoms with Gasteiger partial charge in [0.2, 0.25) is 0 Å². The maximum absolute atomic E-state index is 12.9. The third-order valence-corrected chi connectivity index (χ3v) is 4.96. The van der Waals surface area contributed by atoms with Crippen molar-refractivity contribution in [1.82, 2.24) is 4.98 Å². The minimum absolute atomic E-state index is 0.0641. The van der Waals surface area contributed by atoms with Crippen LogP contribution in [0.15, 0.2) is 18.2 Å². The van der Waals surface area contributed by atoms with E-state index < -0.39 is 23.6 Å². The number of amides is 1. The molecule has 4 rings (SSSR count). The predicted octanol–water partition coefficient (Wildman–Crippen LogP) is 4.10. The van der Waals surface area contributed by atoms with Crippen LogP contribution in [0, 0.1) is 0 Å². The number of alkyl halides is 3. The lowest BCUT2D eigenvalue weighted by Crippen LogP contribution is -2.07. The summed E-state index contributed by atoms with van der Waals surface area (Å²) < 4.78 is 38.6. The minimum Gasteiger partial charge on any atom is -0.478 e. The number of H-pyrrole nitrogens is 1. The van der Waals surface area contributed by atoms with Gasteiger partial charge in [-0.2, -0.15) is 13.2 Å². The summed E-state index contributed by atoms with van der Waals surface area (Å²) in [5.74, 6) is -1.65. The van der Waals surface area contributed by atoms with Crippen LogP contribution >= 0.6 is 0 Å². The second kappa shape index (κ2) is 6.00. The van der Waals surface area contributed by atoms with E-state index in [9.17, 15) is 27.9 Å². The second-order valence-corrected chi connectivity index (χ2v) is 6.65. The number of halogens is 3. The number of nitrogens with one attached hydrogen (secondary N) is 2. The van der Waals surface area contributed by atoms with Gasteiger partial charge in [0.15, 0.2) is 0 Å². The van der Waals surface area contributed by atoms with Crippen molar-refractivity contribution in [1.29, 1.82) is 0 Å². The van der Waals surface area contributed by atoms with Crippen LogP contribution in [0.3, 0.4) is 0 Å². The minimum atomic E-state index is -4.51. The lowest BCUT2D eigenvalue weighted by molar-refractivity contribution is -0.137. The number of aromatic carboxylic acids is 1. The molecule has 1 amide bonds. The van der Waals surface area contributed by atoms with Gasteiger partial charge in [-0.25, -0.2) is 4.79 Å². The molecule has 2 heterocycles. The summed E-state index contributed by atoms with van der Waals surface area (Å²) in [5.41, 5.74) is 1.68. The Morgan fingerprint density at radius 3 is 2.63 bits per heavy atom. The van der Waals surface area contributed by atoms with Gasteiger partial charge < -0.3 is 15.4 Å². The van der Waals surface area contributed by atoms with Crippen molar-refractivity contribution in [2.75, 3.05) is 5.32 Å². The van der Waals surface area contributed by atoms with Crippen molar-refractivity contribution in [2.24, 2.45) is 0 Å². The van der Waals surface area contributed by atoms with E-state index in [-0.39, 0.29) is 16.8 Å². The van der Waals surface area contributed by atoms with E-state index >= 15 is 0 Å². The van der Waals surface area contributed by atoms with Crippen LogP contribution in [0.2, 0.25) is 0 Å². The van der Waals surface area contributed by atoms with Gasteiger partial charge in [0.05, 0.1) is 22.4 Å². The highest BCUT2D eigenvalue weighted by atomic mass is 19.4. The number of hydrogen-bond acceptors (Lipinski definition) is 2. The summed E-state index contributed by atoms with van der Waals surface area (Å²) >= 11 is 0. The zero-order chi connectivity index (χ0) is 19.3. The van der Waals surface area contributed by atoms with Crippen LogP contribution in [-0.4, -0.2) is 22.0 Å². The molecule has 1 aromatic heterocycles. The maximum Gasteiger partial charge on any atom is 0.416 e. The molecule has 1 aliphatic heterocycles. The van der Waals surface area contributed by atoms with Crippen molar-refractivity contribution in [3.63, 3.8) is 0 Å². The summed E-state index contributed by atoms with van der Waals surface area (Å²) in [7, 11) is 0. The highest BCUT2D eigenvalue weighted by Gasteiger charge is 2.34. The van der Waals surface area contributed by atoms with Crippen molar-refractivity contribution in [3.8, 4) is 0 Å². The third kappa shape index (κ3) is 2.90. The van der Waals surface area contributed by atoms with E-state index in [1.54, 1.807) is 0 Å². The molecule has 2 aromatic rings. The molecule has 0 radical (unpaired) electrons. The number of carbonyl (C=O) groups is 2. The Hall–Kier alpha value is -3.03. The standard InChI is InChI=1S/C19H15F3N2O3/c20-19(21,22)9-5-6-10-12(17(25)24-14(10)7-9)8-15-16(18(26)27)11-3-1-2-4-13(11)23-15/h5-8,23H,1-4H2,(H,24,25)(H,26,27). The fourth-order valence-electron chi connectivity index (χ4n) is 3.72. The molecule has 1 aromatic carbocycles. The highest BCUT2D eigenvalue weighted by Crippen LogP contribution is 2.39. The first-order valence-corrected chi connectivity index (χ1v) is 8.47. The van der Waals surface area contributed by atoms with Gasteiger partial charge in [-0.05, 0) is 49.5 Å². The molecule has 2 aliphatic rings. The number of carbonyl (C=O) groups excluding carboxylic acids is 1. The quantitative estimate of drug-likeness (QED) is 0.690. The van der Waals surface area contributed by atoms with E-state index in [1.165, 1.54) is 12.1 Å². The van der Waals surface area contributed by atoms with Crippen molar-refractivity contribution >= 4 is 29.2 Å². The molecule has 0 atom stereocenters. The Morgan fingerprint density at radius 1 is 1.19 bits per heavy atom. The molecule has 0 fully saturated rings. The molecule has 8 heteroatoms. The average Bonchev–Trinajstić information content (AvgIpc) is 3.11. The Balaban J connectivity index is 1.82. The number of rotatable bonds is 2. The summed E-state index contributed by atoms with van der Waals surface area (Å²) in [4.78, 5) is 27.1. The summed E-state index contributed by atoms with van der Waals surface area (Å²) in [5, 5.41) is 12.0. The Kier molecular flexibility index (Phi) is 3.87. The zero-order valence-electron chi connectivity index (χ0n) is 14.0. The fraction of sp³-hybridized carbons (Fsp3) is 0.263. The van der Waals surface area contributed by atoms with Gasteiger partial charge in [0.25, 0.3) is 5.91 Å². The summed E-state index contributed by atoms with van der Waals surface area (Å²) in [6.45, 7) is 0. The first kappa shape index (κ1) is 17.4. The number of carboxylic acid groups (broad SMARTS) is 1. The lowest BCUT2D eigenvalue weighted by atomic mass is 9.94. The van der Waals surface area contributed by atoms with Crippen LogP contribution in [-0.2, 0) is 23.8 Å². The van der Waals surface area contributed by atoms with Gasteiger partial charge >= 0.3 is 12.1 Å². The average molecular weight is 376 g/mol. The number of carboxylic acids is 1.